The van der Waals surface area contributed by atoms with Crippen molar-refractivity contribution < 1.29 is 0 Å². The quantitative estimate of drug-likeness (QED) is 0.165. The van der Waals surface area contributed by atoms with Gasteiger partial charge in [0.15, 0.2) is 0 Å². The summed E-state index contributed by atoms with van der Waals surface area (Å²) in [4.78, 5) is 13.7. The molecule has 64 heavy (non-hydrogen) atoms. The number of para-hydroxylation sites is 2. The van der Waals surface area contributed by atoms with E-state index in [4.69, 9.17) is 116 Å². The molecule has 0 saturated carbocycles. The van der Waals surface area contributed by atoms with E-state index in [0.29, 0.717) is 50.7 Å². The van der Waals surface area contributed by atoms with Crippen molar-refractivity contribution in [2.24, 2.45) is 0 Å². The summed E-state index contributed by atoms with van der Waals surface area (Å²) in [5.74, 6) is 0.484. The number of hydrogen-bond acceptors (Lipinski definition) is 6. The van der Waals surface area contributed by atoms with Crippen LogP contribution >= 0.6 is 0 Å². The molecule has 0 aromatic heterocycles. The minimum Gasteiger partial charge on any atom is -0.409 e. The van der Waals surface area contributed by atoms with Crippen molar-refractivity contribution in [3.8, 4) is 0 Å². The van der Waals surface area contributed by atoms with Crippen LogP contribution in [-0.2, 0) is 0 Å². The number of rotatable bonds is 15. The van der Waals surface area contributed by atoms with Gasteiger partial charge in [0, 0.05) is 234 Å². The van der Waals surface area contributed by atoms with Gasteiger partial charge in [0.2, 0.25) is 13.5 Å². The zero-order valence-corrected chi connectivity index (χ0v) is 39.7. The van der Waals surface area contributed by atoms with Crippen molar-refractivity contribution in [2.45, 2.75) is 93.0 Å². The summed E-state index contributed by atoms with van der Waals surface area (Å²) in [6.45, 7) is 11.9. The van der Waals surface area contributed by atoms with Crippen LogP contribution < -0.4 is 9.71 Å². The zero-order chi connectivity index (χ0) is 48.2. The van der Waals surface area contributed by atoms with Crippen LogP contribution in [0.5, 0.6) is 0 Å². The van der Waals surface area contributed by atoms with Crippen molar-refractivity contribution >= 4 is 227 Å². The van der Waals surface area contributed by atoms with Crippen LogP contribution in [0.25, 0.3) is 0 Å². The maximum atomic E-state index is 6.13. The predicted molar refractivity (Wildman–Crippen MR) is 314 cm³/mol. The molecule has 32 radical (unpaired) electrons. The van der Waals surface area contributed by atoms with Gasteiger partial charge in [0.1, 0.15) is 13.2 Å². The molecule has 3 saturated heterocycles. The average molecular weight is 787 g/mol. The highest BCUT2D eigenvalue weighted by Crippen LogP contribution is 2.59. The van der Waals surface area contributed by atoms with Crippen LogP contribution in [0.4, 0.5) is 11.4 Å². The Hall–Kier alpha value is -0.552. The molecule has 6 heterocycles. The third kappa shape index (κ3) is 9.66. The Labute approximate surface area is 416 Å². The van der Waals surface area contributed by atoms with Gasteiger partial charge in [-0.3, -0.25) is 0 Å². The maximum absolute atomic E-state index is 6.13. The zero-order valence-electron chi connectivity index (χ0n) is 39.7. The lowest BCUT2D eigenvalue weighted by atomic mass is 8.62. The second-order valence-electron chi connectivity index (χ2n) is 19.6. The lowest BCUT2D eigenvalue weighted by Crippen LogP contribution is -2.60. The number of nitrogens with zero attached hydrogens (tertiary/aromatic N) is 6. The molecule has 0 N–H and O–H groups in total. The molecule has 7 atom stereocenters. The van der Waals surface area contributed by atoms with Gasteiger partial charge in [-0.2, -0.15) is 0 Å². The lowest BCUT2D eigenvalue weighted by molar-refractivity contribution is 0.275. The first-order valence-electron chi connectivity index (χ1n) is 22.7. The molecule has 3 fully saturated rings. The first kappa shape index (κ1) is 54.4. The van der Waals surface area contributed by atoms with Gasteiger partial charge < -0.3 is 29.1 Å². The van der Waals surface area contributed by atoms with E-state index >= 15 is 0 Å². The fourth-order valence-corrected chi connectivity index (χ4v) is 11.8. The highest BCUT2D eigenvalue weighted by atomic mass is 15.4. The normalized spacial score (nSPS) is 25.0. The van der Waals surface area contributed by atoms with Gasteiger partial charge in [-0.1, -0.05) is 55.7 Å². The van der Waals surface area contributed by atoms with Crippen molar-refractivity contribution in [2.75, 3.05) is 30.9 Å². The van der Waals surface area contributed by atoms with Gasteiger partial charge >= 0.3 is 0 Å². The Morgan fingerprint density at radius 1 is 0.562 bits per heavy atom. The molecule has 274 valence electrons. The Kier molecular flexibility index (Phi) is 18.0. The van der Waals surface area contributed by atoms with Gasteiger partial charge in [-0.05, 0) is 32.9 Å². The smallest absolute Gasteiger partial charge is 0.252 e. The minimum absolute atomic E-state index is 0.0680. The first-order chi connectivity index (χ1) is 29.8. The predicted octanol–water partition coefficient (Wildman–Crippen LogP) is -5.18. The van der Waals surface area contributed by atoms with E-state index in [-0.39, 0.29) is 37.2 Å². The minimum atomic E-state index is -0.792. The molecule has 0 aliphatic carbocycles. The Bertz CT molecular complexity index is 1750. The molecule has 0 amide bonds. The molecule has 0 bridgehead atoms. The van der Waals surface area contributed by atoms with Gasteiger partial charge in [-0.25, -0.2) is 0 Å². The van der Waals surface area contributed by atoms with E-state index in [1.165, 1.54) is 25.7 Å². The van der Waals surface area contributed by atoms with Crippen LogP contribution in [0.15, 0.2) is 49.1 Å². The summed E-state index contributed by atoms with van der Waals surface area (Å²) in [7, 11) is 98.8. The van der Waals surface area contributed by atoms with Crippen LogP contribution in [0.1, 0.15) is 27.7 Å². The number of fused-ring (bicyclic) bond motifs is 1. The van der Waals surface area contributed by atoms with E-state index in [0.717, 1.165) is 0 Å². The summed E-state index contributed by atoms with van der Waals surface area (Å²) < 4.78 is 0. The summed E-state index contributed by atoms with van der Waals surface area (Å²) in [6, 6.07) is 8.41. The molecular formula is C28H42B30N6. The Morgan fingerprint density at radius 3 is 1.38 bits per heavy atom. The van der Waals surface area contributed by atoms with Crippen molar-refractivity contribution in [1.29, 1.82) is 0 Å². The standard InChI is InChI=1S/C12H15B10N2.C8H13B10N2.C8H14B10N2/c1-8-23(3)9-6-4-5-7-10(9)24(8)20-11(19(20)2)12(18-13,21(14)15)22(16)17;1-6-19(3)4-5-20(6)16-7(15(16)2)8(14-9,17(10)11)18(12)13;1-6-8(15(16(9)10)18(13)17(11)12)14(6)20-5-4-19(3)7(20)2/h4-8,11H,1-3H3;4-7H,1-3H3;4-8H,1-3H3/t8-,11?;6-,7?;6?,7-,8?/m000/s1. The molecule has 1 aromatic rings. The number of anilines is 2. The van der Waals surface area contributed by atoms with Crippen molar-refractivity contribution in [3.05, 3.63) is 49.1 Å². The summed E-state index contributed by atoms with van der Waals surface area (Å²) in [5, 5.41) is -1.54. The molecule has 4 unspecified atom stereocenters. The van der Waals surface area contributed by atoms with Crippen molar-refractivity contribution in [3.63, 3.8) is 0 Å². The highest BCUT2D eigenvalue weighted by molar-refractivity contribution is 7.92. The summed E-state index contributed by atoms with van der Waals surface area (Å²) >= 11 is 0. The number of hydrogen-bond donors (Lipinski definition) is 0. The van der Waals surface area contributed by atoms with Crippen LogP contribution in [-0.4, -0.2) is 275 Å². The summed E-state index contributed by atoms with van der Waals surface area (Å²) in [6.07, 6.45) is 7.75. The van der Waals surface area contributed by atoms with Crippen LogP contribution in [0.2, 0.25) is 46.8 Å². The van der Waals surface area contributed by atoms with Gasteiger partial charge in [0.05, 0.1) is 24.2 Å². The largest absolute Gasteiger partial charge is 0.409 e. The highest BCUT2D eigenvalue weighted by Gasteiger charge is 2.67. The van der Waals surface area contributed by atoms with E-state index in [2.05, 4.69) is 141 Å². The number of benzene rings is 1. The molecule has 1 aromatic carbocycles. The average Bonchev–Trinajstić information content (AvgIpc) is 4.12. The van der Waals surface area contributed by atoms with Crippen LogP contribution in [0.3, 0.4) is 0 Å². The first-order valence-corrected chi connectivity index (χ1v) is 22.7. The molecule has 0 spiro atoms. The van der Waals surface area contributed by atoms with Crippen molar-refractivity contribution in [1.82, 2.24) is 19.4 Å². The third-order valence-corrected chi connectivity index (χ3v) is 16.4. The molecule has 7 rings (SSSR count). The monoisotopic (exact) mass is 793 g/mol. The third-order valence-electron chi connectivity index (χ3n) is 16.4. The molecule has 6 aliphatic heterocycles. The molecule has 6 aliphatic rings. The summed E-state index contributed by atoms with van der Waals surface area (Å²) in [5.41, 5.74) is 3.04. The lowest BCUT2D eigenvalue weighted by Gasteiger charge is -2.44. The topological polar surface area (TPSA) is 19.4 Å². The fourth-order valence-electron chi connectivity index (χ4n) is 11.8. The maximum Gasteiger partial charge on any atom is 0.252 e. The van der Waals surface area contributed by atoms with E-state index in [9.17, 15) is 0 Å². The molecular weight excluding hydrogens is 745 g/mol. The van der Waals surface area contributed by atoms with Gasteiger partial charge in [-0.15, -0.1) is 10.2 Å². The second kappa shape index (κ2) is 21.2. The Morgan fingerprint density at radius 2 is 0.984 bits per heavy atom. The van der Waals surface area contributed by atoms with E-state index in [1.807, 2.05) is 0 Å². The SMILES string of the molecule is [B]B([B])B([B])B(B([B])[B])C1B(N2C=CN(C)[C@@H]2C)C1C.[B][B]C(B([B])[B])(B([B])[B])C1B(C)B1N1C=CN(C)[C@@H]1C.[B][B]C(B([B])[B])(B([B])[B])C1B(C)B1N1c2ccccc2N(C)[C@@H]1C. The molecule has 6 nitrogen and oxygen atoms in total. The van der Waals surface area contributed by atoms with Gasteiger partial charge in [0.25, 0.3) is 6.85 Å². The Balaban J connectivity index is 0.000000182. The second-order valence-corrected chi connectivity index (χ2v) is 19.6. The molecule has 36 heteroatoms. The fraction of sp³-hybridized carbons (Fsp3) is 0.643. The van der Waals surface area contributed by atoms with E-state index < -0.39 is 49.0 Å². The van der Waals surface area contributed by atoms with E-state index in [1.54, 1.807) is 0 Å². The van der Waals surface area contributed by atoms with Crippen LogP contribution in [0, 0.1) is 0 Å².